The number of fused-ring (bicyclic) bond motifs is 2. The molecule has 1 aromatic carbocycles. The van der Waals surface area contributed by atoms with E-state index in [4.69, 9.17) is 0 Å². The van der Waals surface area contributed by atoms with Gasteiger partial charge in [0.25, 0.3) is 0 Å². The van der Waals surface area contributed by atoms with E-state index in [0.717, 1.165) is 19.5 Å². The molecule has 1 aliphatic heterocycles. The first-order valence-electron chi connectivity index (χ1n) is 8.65. The fraction of sp³-hybridized carbons (Fsp3) is 0.250. The molecular formula is C20H20N4S. The molecule has 0 amide bonds. The Morgan fingerprint density at radius 3 is 3.12 bits per heavy atom. The summed E-state index contributed by atoms with van der Waals surface area (Å²) in [6.45, 7) is 4.12. The van der Waals surface area contributed by atoms with Gasteiger partial charge in [-0.3, -0.25) is 4.90 Å². The van der Waals surface area contributed by atoms with Crippen LogP contribution in [0.25, 0.3) is 10.9 Å². The maximum absolute atomic E-state index is 4.65. The Morgan fingerprint density at radius 1 is 1.28 bits per heavy atom. The van der Waals surface area contributed by atoms with Crippen molar-refractivity contribution in [3.63, 3.8) is 0 Å². The number of para-hydroxylation sites is 1. The highest BCUT2D eigenvalue weighted by atomic mass is 32.1. The molecule has 5 rings (SSSR count). The number of hydrogen-bond acceptors (Lipinski definition) is 3. The van der Waals surface area contributed by atoms with E-state index in [0.29, 0.717) is 0 Å². The Bertz CT molecular complexity index is 1010. The normalized spacial score (nSPS) is 17.9. The summed E-state index contributed by atoms with van der Waals surface area (Å²) >= 11 is 1.75. The van der Waals surface area contributed by atoms with Crippen LogP contribution in [-0.4, -0.2) is 26.4 Å². The van der Waals surface area contributed by atoms with Gasteiger partial charge in [0.2, 0.25) is 0 Å². The zero-order valence-corrected chi connectivity index (χ0v) is 14.9. The number of nitrogens with one attached hydrogen (secondary N) is 2. The fourth-order valence-corrected chi connectivity index (χ4v) is 4.69. The largest absolute Gasteiger partial charge is 0.361 e. The van der Waals surface area contributed by atoms with Gasteiger partial charge >= 0.3 is 0 Å². The molecule has 0 spiro atoms. The third kappa shape index (κ3) is 2.42. The van der Waals surface area contributed by atoms with Crippen molar-refractivity contribution in [2.45, 2.75) is 25.9 Å². The van der Waals surface area contributed by atoms with Crippen LogP contribution < -0.4 is 0 Å². The molecule has 0 bridgehead atoms. The number of benzene rings is 1. The van der Waals surface area contributed by atoms with Crippen LogP contribution in [0.4, 0.5) is 0 Å². The van der Waals surface area contributed by atoms with Gasteiger partial charge in [-0.1, -0.05) is 18.2 Å². The summed E-state index contributed by atoms with van der Waals surface area (Å²) in [6.07, 6.45) is 5.03. The standard InChI is InChI=1S/C20H20N4S/c1-13-3-2-4-16-15(9-21-18(13)16)10-24-7-5-17-19(23-12-22-17)20(24)14-6-8-25-11-14/h2-4,6,8-9,11-12,20-21H,5,7,10H2,1H3,(H,22,23)/t20-/m0/s1. The monoisotopic (exact) mass is 348 g/mol. The summed E-state index contributed by atoms with van der Waals surface area (Å²) in [5.74, 6) is 0. The van der Waals surface area contributed by atoms with Crippen molar-refractivity contribution in [2.75, 3.05) is 6.54 Å². The summed E-state index contributed by atoms with van der Waals surface area (Å²) in [7, 11) is 0. The zero-order chi connectivity index (χ0) is 16.8. The lowest BCUT2D eigenvalue weighted by Crippen LogP contribution is -2.35. The van der Waals surface area contributed by atoms with Gasteiger partial charge in [-0.05, 0) is 40.4 Å². The number of thiophene rings is 1. The first kappa shape index (κ1) is 14.9. The second-order valence-electron chi connectivity index (χ2n) is 6.76. The average molecular weight is 348 g/mol. The Hall–Kier alpha value is -2.37. The number of aryl methyl sites for hydroxylation is 1. The van der Waals surface area contributed by atoms with Gasteiger partial charge in [-0.2, -0.15) is 11.3 Å². The topological polar surface area (TPSA) is 47.7 Å². The minimum absolute atomic E-state index is 0.232. The predicted molar refractivity (Wildman–Crippen MR) is 102 cm³/mol. The quantitative estimate of drug-likeness (QED) is 0.576. The van der Waals surface area contributed by atoms with Gasteiger partial charge in [0.1, 0.15) is 0 Å². The van der Waals surface area contributed by atoms with E-state index >= 15 is 0 Å². The van der Waals surface area contributed by atoms with E-state index in [-0.39, 0.29) is 6.04 Å². The van der Waals surface area contributed by atoms with Crippen LogP contribution >= 0.6 is 11.3 Å². The lowest BCUT2D eigenvalue weighted by Gasteiger charge is -2.34. The highest BCUT2D eigenvalue weighted by Crippen LogP contribution is 2.36. The number of H-pyrrole nitrogens is 2. The molecule has 4 nitrogen and oxygen atoms in total. The Kier molecular flexibility index (Phi) is 3.50. The molecule has 0 saturated carbocycles. The number of nitrogens with zero attached hydrogens (tertiary/aromatic N) is 2. The second-order valence-corrected chi connectivity index (χ2v) is 7.54. The number of aromatic nitrogens is 3. The Labute approximate surface area is 150 Å². The molecule has 5 heteroatoms. The number of rotatable bonds is 3. The van der Waals surface area contributed by atoms with Crippen molar-refractivity contribution in [3.05, 3.63) is 75.6 Å². The van der Waals surface area contributed by atoms with Gasteiger partial charge in [-0.25, -0.2) is 4.98 Å². The molecule has 3 aromatic heterocycles. The SMILES string of the molecule is Cc1cccc2c(CN3CCc4[nH]cnc4[C@@H]3c3ccsc3)c[nH]c12. The first-order chi connectivity index (χ1) is 12.3. The van der Waals surface area contributed by atoms with E-state index in [2.05, 4.69) is 68.0 Å². The average Bonchev–Trinajstić information content (AvgIpc) is 3.36. The molecule has 4 heterocycles. The lowest BCUT2D eigenvalue weighted by molar-refractivity contribution is 0.201. The van der Waals surface area contributed by atoms with E-state index in [1.165, 1.54) is 39.0 Å². The molecule has 4 aromatic rings. The number of hydrogen-bond donors (Lipinski definition) is 2. The fourth-order valence-electron chi connectivity index (χ4n) is 4.01. The van der Waals surface area contributed by atoms with Crippen molar-refractivity contribution in [3.8, 4) is 0 Å². The van der Waals surface area contributed by atoms with Crippen LogP contribution in [0.3, 0.4) is 0 Å². The van der Waals surface area contributed by atoms with Crippen LogP contribution in [0, 0.1) is 6.92 Å². The van der Waals surface area contributed by atoms with Crippen molar-refractivity contribution >= 4 is 22.2 Å². The summed E-state index contributed by atoms with van der Waals surface area (Å²) in [5.41, 5.74) is 7.71. The van der Waals surface area contributed by atoms with E-state index in [9.17, 15) is 0 Å². The zero-order valence-electron chi connectivity index (χ0n) is 14.1. The second kappa shape index (κ2) is 5.86. The van der Waals surface area contributed by atoms with E-state index in [1.54, 1.807) is 11.3 Å². The molecule has 2 N–H and O–H groups in total. The summed E-state index contributed by atoms with van der Waals surface area (Å²) in [4.78, 5) is 14.0. The van der Waals surface area contributed by atoms with Crippen LogP contribution in [0.5, 0.6) is 0 Å². The Morgan fingerprint density at radius 2 is 2.24 bits per heavy atom. The van der Waals surface area contributed by atoms with Crippen LogP contribution in [0.2, 0.25) is 0 Å². The van der Waals surface area contributed by atoms with Gasteiger partial charge in [0.15, 0.2) is 0 Å². The predicted octanol–water partition coefficient (Wildman–Crippen LogP) is 4.41. The molecule has 0 aliphatic carbocycles. The Balaban J connectivity index is 1.55. The molecule has 1 atom stereocenters. The number of aromatic amines is 2. The van der Waals surface area contributed by atoms with Crippen molar-refractivity contribution < 1.29 is 0 Å². The highest BCUT2D eigenvalue weighted by molar-refractivity contribution is 7.08. The summed E-state index contributed by atoms with van der Waals surface area (Å²) < 4.78 is 0. The molecule has 0 unspecified atom stereocenters. The van der Waals surface area contributed by atoms with Crippen LogP contribution in [0.1, 0.15) is 34.1 Å². The molecule has 0 fully saturated rings. The van der Waals surface area contributed by atoms with Crippen LogP contribution in [0.15, 0.2) is 47.5 Å². The third-order valence-corrected chi connectivity index (χ3v) is 5.97. The van der Waals surface area contributed by atoms with Gasteiger partial charge in [0, 0.05) is 42.3 Å². The van der Waals surface area contributed by atoms with E-state index < -0.39 is 0 Å². The molecule has 25 heavy (non-hydrogen) atoms. The maximum atomic E-state index is 4.65. The van der Waals surface area contributed by atoms with Gasteiger partial charge < -0.3 is 9.97 Å². The van der Waals surface area contributed by atoms with Crippen LogP contribution in [-0.2, 0) is 13.0 Å². The molecule has 1 aliphatic rings. The maximum Gasteiger partial charge on any atom is 0.0926 e. The highest BCUT2D eigenvalue weighted by Gasteiger charge is 2.31. The van der Waals surface area contributed by atoms with Crippen molar-refractivity contribution in [1.29, 1.82) is 0 Å². The van der Waals surface area contributed by atoms with Gasteiger partial charge in [-0.15, -0.1) is 0 Å². The summed E-state index contributed by atoms with van der Waals surface area (Å²) in [6, 6.07) is 8.99. The molecule has 126 valence electrons. The molecule has 0 radical (unpaired) electrons. The minimum Gasteiger partial charge on any atom is -0.361 e. The molecular weight excluding hydrogens is 328 g/mol. The van der Waals surface area contributed by atoms with E-state index in [1.807, 2.05) is 6.33 Å². The van der Waals surface area contributed by atoms with Crippen molar-refractivity contribution in [1.82, 2.24) is 19.9 Å². The third-order valence-electron chi connectivity index (χ3n) is 5.27. The smallest absolute Gasteiger partial charge is 0.0926 e. The minimum atomic E-state index is 0.232. The van der Waals surface area contributed by atoms with Crippen molar-refractivity contribution in [2.24, 2.45) is 0 Å². The molecule has 0 saturated heterocycles. The lowest BCUT2D eigenvalue weighted by atomic mass is 9.97. The first-order valence-corrected chi connectivity index (χ1v) is 9.59. The number of imidazole rings is 1. The van der Waals surface area contributed by atoms with Gasteiger partial charge in [0.05, 0.1) is 18.1 Å². The summed E-state index contributed by atoms with van der Waals surface area (Å²) in [5, 5.41) is 5.74.